The molecule has 13 heavy (non-hydrogen) atoms. The number of allylic oxidation sites excluding steroid dienone is 2. The normalized spacial score (nSPS) is 26.7. The van der Waals surface area contributed by atoms with Crippen molar-refractivity contribution in [1.82, 2.24) is 0 Å². The van der Waals surface area contributed by atoms with Gasteiger partial charge in [0.05, 0.1) is 5.66 Å². The molecule has 0 fully saturated rings. The highest BCUT2D eigenvalue weighted by Gasteiger charge is 2.31. The van der Waals surface area contributed by atoms with Crippen LogP contribution in [-0.2, 0) is 0 Å². The Morgan fingerprint density at radius 3 is 2.38 bits per heavy atom. The highest BCUT2D eigenvalue weighted by Crippen LogP contribution is 2.29. The monoisotopic (exact) mass is 180 g/mol. The van der Waals surface area contributed by atoms with Crippen molar-refractivity contribution >= 4 is 0 Å². The summed E-state index contributed by atoms with van der Waals surface area (Å²) in [5, 5.41) is 0. The van der Waals surface area contributed by atoms with Crippen molar-refractivity contribution in [2.75, 3.05) is 0 Å². The van der Waals surface area contributed by atoms with E-state index in [1.165, 1.54) is 11.1 Å². The van der Waals surface area contributed by atoms with Crippen molar-refractivity contribution in [3.05, 3.63) is 23.3 Å². The Labute approximate surface area is 80.7 Å². The van der Waals surface area contributed by atoms with Crippen LogP contribution in [0.1, 0.15) is 33.6 Å². The van der Waals surface area contributed by atoms with Crippen LogP contribution >= 0.6 is 0 Å². The van der Waals surface area contributed by atoms with Crippen molar-refractivity contribution in [2.45, 2.75) is 39.3 Å². The Morgan fingerprint density at radius 1 is 1.31 bits per heavy atom. The van der Waals surface area contributed by atoms with Crippen molar-refractivity contribution in [3.63, 3.8) is 0 Å². The summed E-state index contributed by atoms with van der Waals surface area (Å²) in [6, 6.07) is 0. The van der Waals surface area contributed by atoms with Gasteiger partial charge in [-0.05, 0) is 18.4 Å². The first-order valence-corrected chi connectivity index (χ1v) is 5.01. The van der Waals surface area contributed by atoms with Gasteiger partial charge in [0, 0.05) is 5.92 Å². The number of nitrogens with two attached hydrogens (primary N) is 2. The van der Waals surface area contributed by atoms with E-state index in [0.29, 0.717) is 0 Å². The predicted octanol–water partition coefficient (Wildman–Crippen LogP) is 1.92. The fraction of sp³-hybridized carbons (Fsp3) is 0.636. The zero-order valence-corrected chi connectivity index (χ0v) is 8.80. The second kappa shape index (κ2) is 3.64. The summed E-state index contributed by atoms with van der Waals surface area (Å²) in [5.74, 6) is 0.238. The fourth-order valence-electron chi connectivity index (χ4n) is 1.78. The van der Waals surface area contributed by atoms with E-state index in [1.807, 2.05) is 0 Å². The maximum Gasteiger partial charge on any atom is 0.0923 e. The van der Waals surface area contributed by atoms with Crippen molar-refractivity contribution in [3.8, 4) is 0 Å². The van der Waals surface area contributed by atoms with Gasteiger partial charge in [0.2, 0.25) is 0 Å². The quantitative estimate of drug-likeness (QED) is 0.638. The Hall–Kier alpha value is -0.600. The minimum atomic E-state index is -0.632. The summed E-state index contributed by atoms with van der Waals surface area (Å²) >= 11 is 0. The molecule has 0 aromatic heterocycles. The van der Waals surface area contributed by atoms with Crippen LogP contribution < -0.4 is 11.5 Å². The molecule has 0 amide bonds. The Kier molecular flexibility index (Phi) is 2.94. The van der Waals surface area contributed by atoms with Crippen LogP contribution in [0, 0.1) is 5.92 Å². The first-order chi connectivity index (χ1) is 6.02. The maximum atomic E-state index is 6.06. The molecule has 0 radical (unpaired) electrons. The van der Waals surface area contributed by atoms with Gasteiger partial charge in [-0.2, -0.15) is 0 Å². The lowest BCUT2D eigenvalue weighted by Crippen LogP contribution is -2.56. The number of rotatable bonds is 2. The second-order valence-corrected chi connectivity index (χ2v) is 3.84. The molecule has 0 aromatic carbocycles. The third-order valence-electron chi connectivity index (χ3n) is 2.92. The van der Waals surface area contributed by atoms with Gasteiger partial charge < -0.3 is 11.5 Å². The largest absolute Gasteiger partial charge is 0.309 e. The topological polar surface area (TPSA) is 52.0 Å². The maximum absolute atomic E-state index is 6.06. The lowest BCUT2D eigenvalue weighted by Gasteiger charge is -2.35. The summed E-state index contributed by atoms with van der Waals surface area (Å²) in [4.78, 5) is 0. The average Bonchev–Trinajstić information content (AvgIpc) is 2.09. The van der Waals surface area contributed by atoms with Crippen molar-refractivity contribution in [1.29, 1.82) is 0 Å². The lowest BCUT2D eigenvalue weighted by molar-refractivity contribution is 0.394. The van der Waals surface area contributed by atoms with Crippen LogP contribution in [0.5, 0.6) is 0 Å². The predicted molar refractivity (Wildman–Crippen MR) is 57.0 cm³/mol. The molecule has 4 N–H and O–H groups in total. The molecule has 0 saturated heterocycles. The fourth-order valence-corrected chi connectivity index (χ4v) is 1.78. The first kappa shape index (κ1) is 10.5. The summed E-state index contributed by atoms with van der Waals surface area (Å²) in [5.41, 5.74) is 14.0. The Bertz CT molecular complexity index is 249. The van der Waals surface area contributed by atoms with E-state index >= 15 is 0 Å². The zero-order chi connectivity index (χ0) is 10.1. The molecular weight excluding hydrogens is 160 g/mol. The molecule has 0 aromatic rings. The number of hydrogen-bond acceptors (Lipinski definition) is 2. The standard InChI is InChI=1S/C11H20N2/c1-4-9-6-8(3)11(12,13)10(5-2)7-9/h6-8H,4-5,12-13H2,1-3H3. The molecule has 0 heterocycles. The summed E-state index contributed by atoms with van der Waals surface area (Å²) in [6.07, 6.45) is 6.33. The molecule has 1 atom stereocenters. The molecule has 1 aliphatic carbocycles. The Morgan fingerprint density at radius 2 is 1.92 bits per heavy atom. The van der Waals surface area contributed by atoms with E-state index < -0.39 is 5.66 Å². The van der Waals surface area contributed by atoms with Gasteiger partial charge in [-0.3, -0.25) is 0 Å². The molecule has 0 saturated carbocycles. The van der Waals surface area contributed by atoms with Crippen LogP contribution in [0.15, 0.2) is 23.3 Å². The highest BCUT2D eigenvalue weighted by molar-refractivity contribution is 5.36. The molecule has 0 aliphatic heterocycles. The first-order valence-electron chi connectivity index (χ1n) is 5.01. The van der Waals surface area contributed by atoms with Crippen molar-refractivity contribution in [2.24, 2.45) is 17.4 Å². The SMILES string of the molecule is CCC1=CC(C)C(N)(N)C(CC)=C1. The molecular formula is C11H20N2. The van der Waals surface area contributed by atoms with E-state index in [4.69, 9.17) is 11.5 Å². The van der Waals surface area contributed by atoms with E-state index in [2.05, 4.69) is 32.9 Å². The van der Waals surface area contributed by atoms with Crippen LogP contribution in [0.2, 0.25) is 0 Å². The van der Waals surface area contributed by atoms with E-state index in [0.717, 1.165) is 12.8 Å². The molecule has 2 nitrogen and oxygen atoms in total. The third-order valence-corrected chi connectivity index (χ3v) is 2.92. The van der Waals surface area contributed by atoms with Crippen LogP contribution in [-0.4, -0.2) is 5.66 Å². The smallest absolute Gasteiger partial charge is 0.0923 e. The molecule has 1 rings (SSSR count). The van der Waals surface area contributed by atoms with Gasteiger partial charge in [-0.15, -0.1) is 0 Å². The minimum absolute atomic E-state index is 0.238. The minimum Gasteiger partial charge on any atom is -0.309 e. The van der Waals surface area contributed by atoms with E-state index in [9.17, 15) is 0 Å². The van der Waals surface area contributed by atoms with Gasteiger partial charge in [0.25, 0.3) is 0 Å². The van der Waals surface area contributed by atoms with Gasteiger partial charge in [0.1, 0.15) is 0 Å². The number of hydrogen-bond donors (Lipinski definition) is 2. The van der Waals surface area contributed by atoms with Gasteiger partial charge >= 0.3 is 0 Å². The highest BCUT2D eigenvalue weighted by atomic mass is 15.0. The lowest BCUT2D eigenvalue weighted by atomic mass is 9.80. The molecule has 1 unspecified atom stereocenters. The van der Waals surface area contributed by atoms with Crippen LogP contribution in [0.25, 0.3) is 0 Å². The summed E-state index contributed by atoms with van der Waals surface area (Å²) in [6.45, 7) is 6.34. The van der Waals surface area contributed by atoms with Gasteiger partial charge in [-0.1, -0.05) is 38.5 Å². The Balaban J connectivity index is 3.00. The van der Waals surface area contributed by atoms with E-state index in [-0.39, 0.29) is 5.92 Å². The third kappa shape index (κ3) is 1.84. The van der Waals surface area contributed by atoms with Gasteiger partial charge in [-0.25, -0.2) is 0 Å². The molecule has 0 bridgehead atoms. The summed E-state index contributed by atoms with van der Waals surface area (Å²) in [7, 11) is 0. The van der Waals surface area contributed by atoms with E-state index in [1.54, 1.807) is 0 Å². The molecule has 0 spiro atoms. The van der Waals surface area contributed by atoms with Gasteiger partial charge in [0.15, 0.2) is 0 Å². The average molecular weight is 180 g/mol. The molecule has 74 valence electrons. The molecule has 1 aliphatic rings. The van der Waals surface area contributed by atoms with Crippen molar-refractivity contribution < 1.29 is 0 Å². The molecule has 2 heteroatoms. The summed E-state index contributed by atoms with van der Waals surface area (Å²) < 4.78 is 0. The van der Waals surface area contributed by atoms with Crippen LogP contribution in [0.3, 0.4) is 0 Å². The second-order valence-electron chi connectivity index (χ2n) is 3.84. The zero-order valence-electron chi connectivity index (χ0n) is 8.80. The van der Waals surface area contributed by atoms with Crippen LogP contribution in [0.4, 0.5) is 0 Å².